The lowest BCUT2D eigenvalue weighted by Crippen LogP contribution is -2.58. The van der Waals surface area contributed by atoms with Gasteiger partial charge >= 0.3 is 5.97 Å². The number of nitrogens with zero attached hydrogens (tertiary/aromatic N) is 2. The third-order valence-electron chi connectivity index (χ3n) is 6.83. The number of alkyl halides is 1. The van der Waals surface area contributed by atoms with Crippen molar-refractivity contribution in [1.82, 2.24) is 9.80 Å². The number of esters is 1. The Morgan fingerprint density at radius 1 is 1.44 bits per heavy atom. The Balaban J connectivity index is 2.03. The van der Waals surface area contributed by atoms with E-state index in [1.54, 1.807) is 11.0 Å². The minimum Gasteiger partial charge on any atom is -0.461 e. The Hall–Kier alpha value is -1.71. The number of fused-ring (bicyclic) bond motifs is 1. The van der Waals surface area contributed by atoms with Crippen molar-refractivity contribution >= 4 is 33.7 Å². The van der Waals surface area contributed by atoms with E-state index < -0.39 is 35.6 Å². The van der Waals surface area contributed by atoms with Crippen molar-refractivity contribution < 1.29 is 29.0 Å². The maximum Gasteiger partial charge on any atom is 0.312 e. The van der Waals surface area contributed by atoms with E-state index in [9.17, 15) is 19.5 Å². The fourth-order valence-electron chi connectivity index (χ4n) is 5.62. The van der Waals surface area contributed by atoms with E-state index >= 15 is 0 Å². The Labute approximate surface area is 197 Å². The van der Waals surface area contributed by atoms with Gasteiger partial charge in [0.05, 0.1) is 24.5 Å². The summed E-state index contributed by atoms with van der Waals surface area (Å²) in [5, 5.41) is 9.67. The molecule has 1 N–H and O–H groups in total. The van der Waals surface area contributed by atoms with Gasteiger partial charge in [-0.15, -0.1) is 6.58 Å². The minimum atomic E-state index is -1.15. The van der Waals surface area contributed by atoms with E-state index in [-0.39, 0.29) is 42.4 Å². The predicted octanol–water partition coefficient (Wildman–Crippen LogP) is 1.66. The second-order valence-corrected chi connectivity index (χ2v) is 9.93. The van der Waals surface area contributed by atoms with E-state index in [2.05, 4.69) is 36.0 Å². The molecule has 8 nitrogen and oxygen atoms in total. The monoisotopic (exact) mass is 512 g/mol. The summed E-state index contributed by atoms with van der Waals surface area (Å²) in [5.41, 5.74) is -1.15. The predicted molar refractivity (Wildman–Crippen MR) is 122 cm³/mol. The number of aliphatic hydroxyl groups excluding tert-OH is 1. The van der Waals surface area contributed by atoms with Gasteiger partial charge in [0.25, 0.3) is 0 Å². The molecule has 0 saturated carbocycles. The highest BCUT2D eigenvalue weighted by Crippen LogP contribution is 2.60. The fraction of sp³-hybridized carbons (Fsp3) is 0.696. The van der Waals surface area contributed by atoms with Gasteiger partial charge in [0, 0.05) is 24.0 Å². The van der Waals surface area contributed by atoms with Crippen LogP contribution in [-0.4, -0.2) is 87.6 Å². The molecule has 3 heterocycles. The number of carbonyl (C=O) groups is 3. The van der Waals surface area contributed by atoms with Crippen LogP contribution >= 0.6 is 15.9 Å². The quantitative estimate of drug-likeness (QED) is 0.257. The molecule has 3 aliphatic heterocycles. The Morgan fingerprint density at radius 2 is 2.16 bits per heavy atom. The molecule has 32 heavy (non-hydrogen) atoms. The molecule has 2 bridgehead atoms. The molecule has 0 aromatic heterocycles. The third-order valence-corrected chi connectivity index (χ3v) is 7.67. The maximum atomic E-state index is 13.9. The van der Waals surface area contributed by atoms with Gasteiger partial charge < -0.3 is 24.4 Å². The van der Waals surface area contributed by atoms with Crippen LogP contribution in [0.15, 0.2) is 25.3 Å². The number of ether oxygens (including phenoxy) is 2. The zero-order valence-corrected chi connectivity index (χ0v) is 20.3. The Bertz CT molecular complexity index is 776. The van der Waals surface area contributed by atoms with E-state index in [1.165, 1.54) is 11.0 Å². The summed E-state index contributed by atoms with van der Waals surface area (Å²) < 4.78 is 11.7. The van der Waals surface area contributed by atoms with Crippen molar-refractivity contribution in [3.63, 3.8) is 0 Å². The standard InChI is InChI=1S/C23H33BrN2O6/c1-5-8-14(4)25(9-6-2)21(29)19-23-13-15(24)18(32-23)16(22(30)31-12-7-3)17(23)20(28)26(19)10-11-27/h6-7,14-19,27H,2-3,5,8-13H2,1,4H3/t14?,15?,16-,17-,18-,19?,23?/m0/s1. The van der Waals surface area contributed by atoms with Gasteiger partial charge in [0.1, 0.15) is 18.2 Å². The van der Waals surface area contributed by atoms with E-state index in [0.717, 1.165) is 12.8 Å². The first kappa shape index (κ1) is 24.9. The van der Waals surface area contributed by atoms with Crippen LogP contribution in [0, 0.1) is 11.8 Å². The van der Waals surface area contributed by atoms with Crippen LogP contribution < -0.4 is 0 Å². The largest absolute Gasteiger partial charge is 0.461 e. The molecule has 0 aromatic carbocycles. The number of likely N-dealkylation sites (tertiary alicyclic amines) is 1. The van der Waals surface area contributed by atoms with Crippen LogP contribution in [0.2, 0.25) is 0 Å². The number of halogens is 1. The van der Waals surface area contributed by atoms with E-state index in [1.807, 2.05) is 6.92 Å². The summed E-state index contributed by atoms with van der Waals surface area (Å²) in [7, 11) is 0. The van der Waals surface area contributed by atoms with Crippen molar-refractivity contribution in [3.8, 4) is 0 Å². The highest BCUT2D eigenvalue weighted by atomic mass is 79.9. The van der Waals surface area contributed by atoms with Crippen molar-refractivity contribution in [2.75, 3.05) is 26.3 Å². The molecule has 9 heteroatoms. The minimum absolute atomic E-state index is 0.00696. The topological polar surface area (TPSA) is 96.4 Å². The number of hydrogen-bond donors (Lipinski definition) is 1. The molecule has 2 amide bonds. The van der Waals surface area contributed by atoms with E-state index in [0.29, 0.717) is 13.0 Å². The molecule has 178 valence electrons. The summed E-state index contributed by atoms with van der Waals surface area (Å²) in [6.07, 6.45) is 4.70. The number of hydrogen-bond acceptors (Lipinski definition) is 6. The summed E-state index contributed by atoms with van der Waals surface area (Å²) in [6, 6.07) is -0.979. The summed E-state index contributed by atoms with van der Waals surface area (Å²) in [5.74, 6) is -2.76. The van der Waals surface area contributed by atoms with Crippen LogP contribution in [0.5, 0.6) is 0 Å². The molecule has 3 fully saturated rings. The molecular weight excluding hydrogens is 480 g/mol. The lowest BCUT2D eigenvalue weighted by atomic mass is 9.70. The van der Waals surface area contributed by atoms with Gasteiger partial charge in [0.15, 0.2) is 0 Å². The van der Waals surface area contributed by atoms with Crippen LogP contribution in [0.25, 0.3) is 0 Å². The Morgan fingerprint density at radius 3 is 2.75 bits per heavy atom. The molecule has 3 rings (SSSR count). The normalized spacial score (nSPS) is 33.7. The van der Waals surface area contributed by atoms with Gasteiger partial charge in [-0.1, -0.05) is 48.0 Å². The molecule has 7 atom stereocenters. The molecule has 0 radical (unpaired) electrons. The number of β-amino-alcohol motifs (C(OH)–C–C–N with tert-alkyl or cyclic N) is 1. The lowest BCUT2D eigenvalue weighted by molar-refractivity contribution is -0.154. The zero-order chi connectivity index (χ0) is 23.6. The second-order valence-electron chi connectivity index (χ2n) is 8.75. The fourth-order valence-corrected chi connectivity index (χ4v) is 6.56. The average Bonchev–Trinajstić information content (AvgIpc) is 3.34. The Kier molecular flexibility index (Phi) is 7.83. The molecule has 3 saturated heterocycles. The molecular formula is C23H33BrN2O6. The molecule has 0 aromatic rings. The number of rotatable bonds is 11. The zero-order valence-electron chi connectivity index (χ0n) is 18.7. The van der Waals surface area contributed by atoms with Crippen LogP contribution in [0.3, 0.4) is 0 Å². The first-order valence-electron chi connectivity index (χ1n) is 11.2. The summed E-state index contributed by atoms with van der Waals surface area (Å²) in [6.45, 7) is 11.4. The number of amides is 2. The van der Waals surface area contributed by atoms with Crippen molar-refractivity contribution in [2.24, 2.45) is 11.8 Å². The first-order valence-corrected chi connectivity index (χ1v) is 12.1. The van der Waals surface area contributed by atoms with Crippen LogP contribution in [0.4, 0.5) is 0 Å². The molecule has 4 unspecified atom stereocenters. The van der Waals surface area contributed by atoms with Crippen LogP contribution in [0.1, 0.15) is 33.1 Å². The third kappa shape index (κ3) is 3.92. The smallest absolute Gasteiger partial charge is 0.312 e. The second kappa shape index (κ2) is 10.1. The van der Waals surface area contributed by atoms with Crippen molar-refractivity contribution in [3.05, 3.63) is 25.3 Å². The SMILES string of the molecule is C=CCOC(=O)[C@H]1[C@H]2C(=O)N(CCO)C(C(=O)N(CC=C)C(C)CCC)C23CC(Br)[C@@H]1O3. The van der Waals surface area contributed by atoms with E-state index in [4.69, 9.17) is 9.47 Å². The van der Waals surface area contributed by atoms with Crippen LogP contribution in [-0.2, 0) is 23.9 Å². The number of aliphatic hydroxyl groups is 1. The van der Waals surface area contributed by atoms with Gasteiger partial charge in [-0.2, -0.15) is 0 Å². The first-order chi connectivity index (χ1) is 15.3. The van der Waals surface area contributed by atoms with Gasteiger partial charge in [-0.3, -0.25) is 14.4 Å². The van der Waals surface area contributed by atoms with Gasteiger partial charge in [0.2, 0.25) is 11.8 Å². The van der Waals surface area contributed by atoms with Gasteiger partial charge in [-0.25, -0.2) is 0 Å². The average molecular weight is 513 g/mol. The summed E-state index contributed by atoms with van der Waals surface area (Å²) >= 11 is 3.61. The highest BCUT2D eigenvalue weighted by Gasteiger charge is 2.77. The molecule has 0 aliphatic carbocycles. The van der Waals surface area contributed by atoms with Crippen molar-refractivity contribution in [2.45, 2.75) is 61.7 Å². The molecule has 1 spiro atoms. The number of carbonyl (C=O) groups excluding carboxylic acids is 3. The van der Waals surface area contributed by atoms with Gasteiger partial charge in [-0.05, 0) is 19.8 Å². The van der Waals surface area contributed by atoms with Crippen molar-refractivity contribution in [1.29, 1.82) is 0 Å². The lowest BCUT2D eigenvalue weighted by Gasteiger charge is -2.39. The maximum absolute atomic E-state index is 13.9. The molecule has 3 aliphatic rings. The summed E-state index contributed by atoms with van der Waals surface area (Å²) in [4.78, 5) is 43.3. The highest BCUT2D eigenvalue weighted by molar-refractivity contribution is 9.09.